The first-order chi connectivity index (χ1) is 19.3. The normalized spacial score (nSPS) is 11.3. The lowest BCUT2D eigenvalue weighted by molar-refractivity contribution is -0.140. The highest BCUT2D eigenvalue weighted by atomic mass is 32.2. The molecule has 1 atom stereocenters. The number of esters is 2. The summed E-state index contributed by atoms with van der Waals surface area (Å²) in [5.74, 6) is -1.03. The zero-order valence-corrected chi connectivity index (χ0v) is 23.6. The molecule has 0 saturated heterocycles. The summed E-state index contributed by atoms with van der Waals surface area (Å²) in [6, 6.07) is 23.6. The third kappa shape index (κ3) is 9.27. The largest absolute Gasteiger partial charge is 0.489 e. The van der Waals surface area contributed by atoms with Crippen LogP contribution in [0.1, 0.15) is 34.8 Å². The molecule has 8 nitrogen and oxygen atoms in total. The third-order valence-corrected chi connectivity index (χ3v) is 7.10. The highest BCUT2D eigenvalue weighted by Gasteiger charge is 2.28. The van der Waals surface area contributed by atoms with Crippen molar-refractivity contribution in [2.75, 3.05) is 31.4 Å². The predicted octanol–water partition coefficient (Wildman–Crippen LogP) is 5.09. The molecule has 3 aromatic carbocycles. The van der Waals surface area contributed by atoms with Crippen LogP contribution in [0.4, 0.5) is 5.69 Å². The van der Waals surface area contributed by atoms with Crippen LogP contribution < -0.4 is 9.64 Å². The Bertz CT molecular complexity index is 1310. The van der Waals surface area contributed by atoms with Crippen molar-refractivity contribution < 1.29 is 33.4 Å². The topological polar surface area (TPSA) is 99.2 Å². The van der Waals surface area contributed by atoms with Crippen molar-refractivity contribution in [3.63, 3.8) is 0 Å². The fourth-order valence-corrected chi connectivity index (χ4v) is 4.75. The van der Waals surface area contributed by atoms with Gasteiger partial charge >= 0.3 is 11.9 Å². The minimum atomic E-state index is -0.569. The maximum atomic E-state index is 13.9. The Balaban J connectivity index is 1.82. The number of hydrogen-bond acceptors (Lipinski definition) is 8. The molecule has 0 aliphatic carbocycles. The summed E-state index contributed by atoms with van der Waals surface area (Å²) in [6.07, 6.45) is 1.16. The minimum Gasteiger partial charge on any atom is -0.489 e. The molecule has 0 heterocycles. The number of anilines is 1. The van der Waals surface area contributed by atoms with Crippen molar-refractivity contribution >= 4 is 40.4 Å². The number of carbonyl (C=O) groups excluding carboxylic acids is 4. The Labute approximate surface area is 238 Å². The van der Waals surface area contributed by atoms with Gasteiger partial charge in [-0.05, 0) is 48.2 Å². The van der Waals surface area contributed by atoms with Crippen molar-refractivity contribution in [3.05, 3.63) is 95.6 Å². The molecule has 210 valence electrons. The van der Waals surface area contributed by atoms with E-state index < -0.39 is 17.9 Å². The molecule has 3 rings (SSSR count). The number of carbonyl (C=O) groups is 4. The van der Waals surface area contributed by atoms with Gasteiger partial charge in [-0.2, -0.15) is 0 Å². The number of ether oxygens (including phenoxy) is 3. The number of hydrogen-bond donors (Lipinski definition) is 0. The van der Waals surface area contributed by atoms with E-state index >= 15 is 0 Å². The minimum absolute atomic E-state index is 0.0799. The first-order valence-corrected chi connectivity index (χ1v) is 13.7. The second-order valence-corrected chi connectivity index (χ2v) is 10.2. The summed E-state index contributed by atoms with van der Waals surface area (Å²) in [4.78, 5) is 51.2. The summed E-state index contributed by atoms with van der Waals surface area (Å²) >= 11 is 1.09. The summed E-state index contributed by atoms with van der Waals surface area (Å²) in [6.45, 7) is 1.36. The van der Waals surface area contributed by atoms with Gasteiger partial charge < -0.3 is 19.1 Å². The first kappa shape index (κ1) is 30.4. The third-order valence-electron chi connectivity index (χ3n) is 6.13. The van der Waals surface area contributed by atoms with Crippen LogP contribution in [-0.4, -0.2) is 49.5 Å². The van der Waals surface area contributed by atoms with E-state index in [2.05, 4.69) is 0 Å². The monoisotopic (exact) mass is 563 g/mol. The SMILES string of the molecule is COC(=O)CN(C(=O)[C@@H](CCc1ccccc1)CSC(C)=O)c1cccc(OCc2cccc(C(=O)OC)c2)c1. The van der Waals surface area contributed by atoms with Gasteiger partial charge in [0.1, 0.15) is 18.9 Å². The molecular formula is C31H33NO7S. The van der Waals surface area contributed by atoms with E-state index in [-0.39, 0.29) is 24.2 Å². The van der Waals surface area contributed by atoms with Crippen molar-refractivity contribution in [2.24, 2.45) is 5.92 Å². The van der Waals surface area contributed by atoms with E-state index in [4.69, 9.17) is 14.2 Å². The molecule has 0 saturated carbocycles. The van der Waals surface area contributed by atoms with Gasteiger partial charge in [-0.3, -0.25) is 14.4 Å². The lowest BCUT2D eigenvalue weighted by Gasteiger charge is -2.27. The number of aryl methyl sites for hydroxylation is 1. The van der Waals surface area contributed by atoms with E-state index in [0.29, 0.717) is 35.6 Å². The van der Waals surface area contributed by atoms with Crippen LogP contribution in [0.5, 0.6) is 5.75 Å². The predicted molar refractivity (Wildman–Crippen MR) is 154 cm³/mol. The average molecular weight is 564 g/mol. The van der Waals surface area contributed by atoms with Crippen LogP contribution in [0.15, 0.2) is 78.9 Å². The summed E-state index contributed by atoms with van der Waals surface area (Å²) in [5, 5.41) is -0.0799. The second-order valence-electron chi connectivity index (χ2n) is 9.00. The highest BCUT2D eigenvalue weighted by Crippen LogP contribution is 2.26. The molecule has 0 bridgehead atoms. The lowest BCUT2D eigenvalue weighted by Crippen LogP contribution is -2.41. The van der Waals surface area contributed by atoms with Crippen LogP contribution in [0, 0.1) is 5.92 Å². The molecular weight excluding hydrogens is 530 g/mol. The molecule has 0 fully saturated rings. The van der Waals surface area contributed by atoms with E-state index in [0.717, 1.165) is 22.9 Å². The van der Waals surface area contributed by atoms with E-state index in [1.54, 1.807) is 42.5 Å². The number of thioether (sulfide) groups is 1. The quantitative estimate of drug-likeness (QED) is 0.265. The summed E-state index contributed by atoms with van der Waals surface area (Å²) < 4.78 is 15.6. The Hall–Kier alpha value is -4.11. The molecule has 0 radical (unpaired) electrons. The lowest BCUT2D eigenvalue weighted by atomic mass is 9.99. The van der Waals surface area contributed by atoms with Gasteiger partial charge in [0.2, 0.25) is 5.91 Å². The Morgan fingerprint density at radius 3 is 2.27 bits per heavy atom. The van der Waals surface area contributed by atoms with Gasteiger partial charge in [-0.1, -0.05) is 60.3 Å². The maximum Gasteiger partial charge on any atom is 0.337 e. The molecule has 40 heavy (non-hydrogen) atoms. The molecule has 0 aliphatic rings. The van der Waals surface area contributed by atoms with Crippen LogP contribution in [0.2, 0.25) is 0 Å². The van der Waals surface area contributed by atoms with Crippen molar-refractivity contribution in [1.82, 2.24) is 0 Å². The van der Waals surface area contributed by atoms with Crippen molar-refractivity contribution in [2.45, 2.75) is 26.4 Å². The highest BCUT2D eigenvalue weighted by molar-refractivity contribution is 8.13. The maximum absolute atomic E-state index is 13.9. The van der Waals surface area contributed by atoms with Gasteiger partial charge in [-0.25, -0.2) is 4.79 Å². The van der Waals surface area contributed by atoms with Gasteiger partial charge in [0.05, 0.1) is 19.8 Å². The number of methoxy groups -OCH3 is 2. The van der Waals surface area contributed by atoms with Crippen LogP contribution in [0.25, 0.3) is 0 Å². The van der Waals surface area contributed by atoms with Crippen LogP contribution in [-0.2, 0) is 36.9 Å². The number of rotatable bonds is 13. The van der Waals surface area contributed by atoms with Gasteiger partial charge in [0, 0.05) is 30.3 Å². The molecule has 0 spiro atoms. The van der Waals surface area contributed by atoms with Crippen LogP contribution in [0.3, 0.4) is 0 Å². The molecule has 0 unspecified atom stereocenters. The zero-order chi connectivity index (χ0) is 28.9. The van der Waals surface area contributed by atoms with E-state index in [1.165, 1.54) is 26.0 Å². The van der Waals surface area contributed by atoms with E-state index in [9.17, 15) is 19.2 Å². The number of nitrogens with zero attached hydrogens (tertiary/aromatic N) is 1. The summed E-state index contributed by atoms with van der Waals surface area (Å²) in [7, 11) is 2.59. The fourth-order valence-electron chi connectivity index (χ4n) is 4.01. The van der Waals surface area contributed by atoms with Crippen molar-refractivity contribution in [1.29, 1.82) is 0 Å². The zero-order valence-electron chi connectivity index (χ0n) is 22.8. The Morgan fingerprint density at radius 1 is 0.850 bits per heavy atom. The molecule has 0 N–H and O–H groups in total. The standard InChI is InChI=1S/C31H33NO7S/c1-22(33)40-21-26(16-15-23-9-5-4-6-10-23)30(35)32(19-29(34)37-2)27-13-8-14-28(18-27)39-20-24-11-7-12-25(17-24)31(36)38-3/h4-14,17-18,26H,15-16,19-21H2,1-3H3/t26-/m0/s1. The first-order valence-electron chi connectivity index (χ1n) is 12.8. The molecule has 0 aromatic heterocycles. The smallest absolute Gasteiger partial charge is 0.337 e. The molecule has 0 aliphatic heterocycles. The van der Waals surface area contributed by atoms with Crippen LogP contribution >= 0.6 is 11.8 Å². The fraction of sp³-hybridized carbons (Fsp3) is 0.290. The number of amides is 1. The Morgan fingerprint density at radius 2 is 1.57 bits per heavy atom. The molecule has 1 amide bonds. The van der Waals surface area contributed by atoms with E-state index in [1.807, 2.05) is 36.4 Å². The second kappa shape index (κ2) is 15.5. The number of benzene rings is 3. The Kier molecular flexibility index (Phi) is 11.8. The van der Waals surface area contributed by atoms with Gasteiger partial charge in [0.25, 0.3) is 0 Å². The summed E-state index contributed by atoms with van der Waals surface area (Å²) in [5.41, 5.74) is 2.73. The van der Waals surface area contributed by atoms with Crippen molar-refractivity contribution in [3.8, 4) is 5.75 Å². The van der Waals surface area contributed by atoms with Gasteiger partial charge in [-0.15, -0.1) is 0 Å². The average Bonchev–Trinajstić information content (AvgIpc) is 2.98. The van der Waals surface area contributed by atoms with Gasteiger partial charge in [0.15, 0.2) is 5.12 Å². The molecule has 9 heteroatoms. The molecule has 3 aromatic rings.